The topological polar surface area (TPSA) is 66.4 Å². The number of aliphatic hydroxyl groups excluding tert-OH is 1. The first-order chi connectivity index (χ1) is 9.44. The maximum atomic E-state index is 12.2. The number of nitrogens with one attached hydrogen (secondary N) is 1. The van der Waals surface area contributed by atoms with Crippen LogP contribution in [0.5, 0.6) is 0 Å². The molecule has 0 radical (unpaired) electrons. The molecular formula is C14H17NO3S2. The fraction of sp³-hybridized carbons (Fsp3) is 0.286. The molecule has 20 heavy (non-hydrogen) atoms. The van der Waals surface area contributed by atoms with Gasteiger partial charge < -0.3 is 5.11 Å². The highest BCUT2D eigenvalue weighted by molar-refractivity contribution is 7.89. The molecule has 0 aliphatic heterocycles. The number of hydrogen-bond acceptors (Lipinski definition) is 4. The first kappa shape index (κ1) is 15.2. The van der Waals surface area contributed by atoms with E-state index in [1.807, 2.05) is 24.6 Å². The molecule has 6 heteroatoms. The molecule has 0 atom stereocenters. The van der Waals surface area contributed by atoms with Crippen LogP contribution in [0.15, 0.2) is 33.9 Å². The summed E-state index contributed by atoms with van der Waals surface area (Å²) in [5.41, 5.74) is 3.56. The predicted molar refractivity (Wildman–Crippen MR) is 80.2 cm³/mol. The second kappa shape index (κ2) is 6.05. The lowest BCUT2D eigenvalue weighted by Crippen LogP contribution is -2.23. The van der Waals surface area contributed by atoms with Crippen molar-refractivity contribution in [1.82, 2.24) is 4.72 Å². The molecule has 1 aromatic heterocycles. The molecule has 0 fully saturated rings. The van der Waals surface area contributed by atoms with E-state index in [0.717, 1.165) is 16.7 Å². The molecule has 2 N–H and O–H groups in total. The molecule has 0 aliphatic carbocycles. The third-order valence-electron chi connectivity index (χ3n) is 3.22. The Labute approximate surface area is 123 Å². The van der Waals surface area contributed by atoms with Crippen LogP contribution in [0.3, 0.4) is 0 Å². The van der Waals surface area contributed by atoms with E-state index in [1.165, 1.54) is 6.07 Å². The average Bonchev–Trinajstić information content (AvgIpc) is 2.82. The summed E-state index contributed by atoms with van der Waals surface area (Å²) >= 11 is 1.55. The van der Waals surface area contributed by atoms with Crippen molar-refractivity contribution < 1.29 is 13.5 Å². The highest BCUT2D eigenvalue weighted by Crippen LogP contribution is 2.17. The van der Waals surface area contributed by atoms with Crippen LogP contribution >= 0.6 is 11.3 Å². The van der Waals surface area contributed by atoms with Crippen LogP contribution in [0.25, 0.3) is 0 Å². The lowest BCUT2D eigenvalue weighted by atomic mass is 10.1. The normalized spacial score (nSPS) is 11.8. The maximum Gasteiger partial charge on any atom is 0.240 e. The predicted octanol–water partition coefficient (Wildman–Crippen LogP) is 2.34. The van der Waals surface area contributed by atoms with Crippen molar-refractivity contribution in [3.8, 4) is 0 Å². The Morgan fingerprint density at radius 2 is 1.90 bits per heavy atom. The Kier molecular flexibility index (Phi) is 4.59. The molecule has 2 aromatic rings. The van der Waals surface area contributed by atoms with Crippen molar-refractivity contribution in [3.05, 3.63) is 51.2 Å². The number of rotatable bonds is 5. The summed E-state index contributed by atoms with van der Waals surface area (Å²) in [4.78, 5) is 0.181. The second-order valence-electron chi connectivity index (χ2n) is 4.65. The molecule has 0 unspecified atom stereocenters. The van der Waals surface area contributed by atoms with Gasteiger partial charge in [-0.2, -0.15) is 11.3 Å². The first-order valence-corrected chi connectivity index (χ1v) is 8.58. The zero-order chi connectivity index (χ0) is 14.8. The van der Waals surface area contributed by atoms with Crippen LogP contribution in [0.2, 0.25) is 0 Å². The Balaban J connectivity index is 2.20. The molecule has 0 bridgehead atoms. The van der Waals surface area contributed by atoms with Crippen molar-refractivity contribution in [2.45, 2.75) is 31.9 Å². The Morgan fingerprint density at radius 1 is 1.15 bits per heavy atom. The second-order valence-corrected chi connectivity index (χ2v) is 7.16. The van der Waals surface area contributed by atoms with E-state index in [0.29, 0.717) is 5.56 Å². The van der Waals surface area contributed by atoms with Crippen LogP contribution in [0, 0.1) is 13.8 Å². The summed E-state index contributed by atoms with van der Waals surface area (Å²) in [7, 11) is -3.56. The quantitative estimate of drug-likeness (QED) is 0.890. The van der Waals surface area contributed by atoms with Gasteiger partial charge in [-0.15, -0.1) is 0 Å². The third-order valence-corrected chi connectivity index (χ3v) is 5.52. The summed E-state index contributed by atoms with van der Waals surface area (Å²) < 4.78 is 27.0. The van der Waals surface area contributed by atoms with Gasteiger partial charge in [-0.25, -0.2) is 13.1 Å². The zero-order valence-corrected chi connectivity index (χ0v) is 13.0. The molecule has 108 valence electrons. The molecule has 0 aliphatic rings. The minimum atomic E-state index is -3.56. The van der Waals surface area contributed by atoms with Crippen LogP contribution in [-0.4, -0.2) is 13.5 Å². The smallest absolute Gasteiger partial charge is 0.240 e. The van der Waals surface area contributed by atoms with Crippen LogP contribution in [0.4, 0.5) is 0 Å². The summed E-state index contributed by atoms with van der Waals surface area (Å²) in [6.07, 6.45) is 0. The standard InChI is InChI=1S/C14H17NO3S2/c1-10-3-4-14(5-12(10)7-16)20(17,18)15-6-13-9-19-8-11(13)2/h3-5,8-9,15-16H,6-7H2,1-2H3. The van der Waals surface area contributed by atoms with Crippen molar-refractivity contribution in [2.24, 2.45) is 0 Å². The van der Waals surface area contributed by atoms with E-state index in [2.05, 4.69) is 4.72 Å². The number of benzene rings is 1. The van der Waals surface area contributed by atoms with Gasteiger partial charge in [-0.1, -0.05) is 6.07 Å². The summed E-state index contributed by atoms with van der Waals surface area (Å²) in [6.45, 7) is 3.90. The van der Waals surface area contributed by atoms with E-state index in [4.69, 9.17) is 0 Å². The van der Waals surface area contributed by atoms with Crippen molar-refractivity contribution >= 4 is 21.4 Å². The summed E-state index contributed by atoms with van der Waals surface area (Å²) in [6, 6.07) is 4.77. The molecule has 0 amide bonds. The fourth-order valence-electron chi connectivity index (χ4n) is 1.81. The molecular weight excluding hydrogens is 294 g/mol. The molecule has 0 saturated heterocycles. The van der Waals surface area contributed by atoms with E-state index in [9.17, 15) is 13.5 Å². The van der Waals surface area contributed by atoms with Crippen LogP contribution < -0.4 is 4.72 Å². The average molecular weight is 311 g/mol. The number of hydrogen-bond donors (Lipinski definition) is 2. The number of aryl methyl sites for hydroxylation is 2. The summed E-state index contributed by atoms with van der Waals surface area (Å²) in [5.74, 6) is 0. The molecule has 0 spiro atoms. The Hall–Kier alpha value is -1.21. The Morgan fingerprint density at radius 3 is 2.50 bits per heavy atom. The van der Waals surface area contributed by atoms with Gasteiger partial charge in [0.05, 0.1) is 11.5 Å². The van der Waals surface area contributed by atoms with Crippen molar-refractivity contribution in [3.63, 3.8) is 0 Å². The van der Waals surface area contributed by atoms with E-state index < -0.39 is 10.0 Å². The highest BCUT2D eigenvalue weighted by atomic mass is 32.2. The van der Waals surface area contributed by atoms with Gasteiger partial charge in [0.25, 0.3) is 0 Å². The van der Waals surface area contributed by atoms with Crippen molar-refractivity contribution in [1.29, 1.82) is 0 Å². The van der Waals surface area contributed by atoms with E-state index >= 15 is 0 Å². The lowest BCUT2D eigenvalue weighted by Gasteiger charge is -2.09. The molecule has 1 heterocycles. The SMILES string of the molecule is Cc1ccc(S(=O)(=O)NCc2cscc2C)cc1CO. The van der Waals surface area contributed by atoms with Gasteiger partial charge in [0, 0.05) is 6.54 Å². The summed E-state index contributed by atoms with van der Waals surface area (Å²) in [5, 5.41) is 13.1. The monoisotopic (exact) mass is 311 g/mol. The first-order valence-electron chi connectivity index (χ1n) is 6.16. The molecule has 0 saturated carbocycles. The van der Waals surface area contributed by atoms with Gasteiger partial charge in [0.2, 0.25) is 10.0 Å². The van der Waals surface area contributed by atoms with Gasteiger partial charge >= 0.3 is 0 Å². The minimum absolute atomic E-state index is 0.168. The van der Waals surface area contributed by atoms with Gasteiger partial charge in [0.1, 0.15) is 0 Å². The van der Waals surface area contributed by atoms with Gasteiger partial charge in [-0.3, -0.25) is 0 Å². The van der Waals surface area contributed by atoms with Gasteiger partial charge in [0.15, 0.2) is 0 Å². The molecule has 4 nitrogen and oxygen atoms in total. The zero-order valence-electron chi connectivity index (χ0n) is 11.4. The Bertz CT molecular complexity index is 705. The highest BCUT2D eigenvalue weighted by Gasteiger charge is 2.15. The molecule has 1 aromatic carbocycles. The van der Waals surface area contributed by atoms with Crippen LogP contribution in [0.1, 0.15) is 22.3 Å². The number of aliphatic hydroxyl groups is 1. The maximum absolute atomic E-state index is 12.2. The van der Waals surface area contributed by atoms with E-state index in [1.54, 1.807) is 23.5 Å². The fourth-order valence-corrected chi connectivity index (χ4v) is 3.72. The minimum Gasteiger partial charge on any atom is -0.392 e. The van der Waals surface area contributed by atoms with E-state index in [-0.39, 0.29) is 18.0 Å². The van der Waals surface area contributed by atoms with Gasteiger partial charge in [-0.05, 0) is 59.0 Å². The largest absolute Gasteiger partial charge is 0.392 e. The lowest BCUT2D eigenvalue weighted by molar-refractivity contribution is 0.280. The van der Waals surface area contributed by atoms with Crippen molar-refractivity contribution in [2.75, 3.05) is 0 Å². The third kappa shape index (κ3) is 3.27. The number of thiophene rings is 1. The number of sulfonamides is 1. The van der Waals surface area contributed by atoms with Crippen LogP contribution in [-0.2, 0) is 23.2 Å². The molecule has 2 rings (SSSR count).